The van der Waals surface area contributed by atoms with E-state index in [-0.39, 0.29) is 12.4 Å². The summed E-state index contributed by atoms with van der Waals surface area (Å²) in [7, 11) is 2.07. The Hall–Kier alpha value is -0.0900. The molecular formula is C11H19ClN2S. The van der Waals surface area contributed by atoms with Crippen molar-refractivity contribution >= 4 is 23.7 Å². The van der Waals surface area contributed by atoms with E-state index in [1.807, 2.05) is 0 Å². The van der Waals surface area contributed by atoms with Crippen LogP contribution in [-0.2, 0) is 6.54 Å². The highest BCUT2D eigenvalue weighted by Crippen LogP contribution is 2.14. The Morgan fingerprint density at radius 3 is 3.13 bits per heavy atom. The molecule has 0 saturated carbocycles. The van der Waals surface area contributed by atoms with Gasteiger partial charge in [-0.2, -0.15) is 11.3 Å². The van der Waals surface area contributed by atoms with Crippen LogP contribution in [0.15, 0.2) is 16.8 Å². The van der Waals surface area contributed by atoms with Crippen LogP contribution in [0.2, 0.25) is 0 Å². The zero-order chi connectivity index (χ0) is 9.80. The Morgan fingerprint density at radius 2 is 2.47 bits per heavy atom. The van der Waals surface area contributed by atoms with Crippen molar-refractivity contribution in [1.82, 2.24) is 10.2 Å². The maximum atomic E-state index is 3.37. The Kier molecular flexibility index (Phi) is 5.61. The van der Waals surface area contributed by atoms with Crippen molar-refractivity contribution in [3.05, 3.63) is 22.4 Å². The van der Waals surface area contributed by atoms with Gasteiger partial charge in [-0.1, -0.05) is 0 Å². The molecule has 1 aromatic rings. The maximum Gasteiger partial charge on any atom is 0.0242 e. The highest BCUT2D eigenvalue weighted by molar-refractivity contribution is 7.07. The fourth-order valence-corrected chi connectivity index (χ4v) is 2.74. The number of hydrogen-bond acceptors (Lipinski definition) is 3. The number of nitrogens with one attached hydrogen (secondary N) is 1. The highest BCUT2D eigenvalue weighted by atomic mass is 35.5. The minimum Gasteiger partial charge on any atom is -0.316 e. The molecule has 1 N–H and O–H groups in total. The first-order chi connectivity index (χ1) is 6.88. The summed E-state index contributed by atoms with van der Waals surface area (Å²) in [5, 5.41) is 7.79. The fourth-order valence-electron chi connectivity index (χ4n) is 2.08. The second-order valence-corrected chi connectivity index (χ2v) is 4.77. The third kappa shape index (κ3) is 3.76. The minimum absolute atomic E-state index is 0. The normalized spacial score (nSPS) is 22.3. The molecule has 1 fully saturated rings. The van der Waals surface area contributed by atoms with Gasteiger partial charge in [0.25, 0.3) is 0 Å². The van der Waals surface area contributed by atoms with Gasteiger partial charge in [0.2, 0.25) is 0 Å². The second-order valence-electron chi connectivity index (χ2n) is 3.99. The third-order valence-electron chi connectivity index (χ3n) is 2.90. The van der Waals surface area contributed by atoms with E-state index in [9.17, 15) is 0 Å². The van der Waals surface area contributed by atoms with E-state index in [2.05, 4.69) is 34.1 Å². The predicted octanol–water partition coefficient (Wildman–Crippen LogP) is 2.35. The van der Waals surface area contributed by atoms with Gasteiger partial charge >= 0.3 is 0 Å². The van der Waals surface area contributed by atoms with Gasteiger partial charge in [-0.25, -0.2) is 0 Å². The number of piperidine rings is 1. The molecule has 2 rings (SSSR count). The lowest BCUT2D eigenvalue weighted by Gasteiger charge is -2.32. The molecule has 2 heterocycles. The molecule has 0 amide bonds. The molecule has 1 atom stereocenters. The molecule has 0 spiro atoms. The van der Waals surface area contributed by atoms with Gasteiger partial charge in [-0.05, 0) is 48.8 Å². The van der Waals surface area contributed by atoms with Gasteiger partial charge in [-0.3, -0.25) is 4.90 Å². The third-order valence-corrected chi connectivity index (χ3v) is 3.63. The van der Waals surface area contributed by atoms with Crippen LogP contribution in [0.5, 0.6) is 0 Å². The minimum atomic E-state index is 0. The number of hydrogen-bond donors (Lipinski definition) is 1. The molecule has 0 aromatic carbocycles. The van der Waals surface area contributed by atoms with Crippen LogP contribution >= 0.6 is 23.7 Å². The van der Waals surface area contributed by atoms with Crippen molar-refractivity contribution in [2.75, 3.05) is 20.1 Å². The van der Waals surface area contributed by atoms with Crippen LogP contribution in [0.3, 0.4) is 0 Å². The first-order valence-electron chi connectivity index (χ1n) is 5.29. The summed E-state index contributed by atoms with van der Waals surface area (Å²) in [5.74, 6) is 0. The van der Waals surface area contributed by atoms with Crippen LogP contribution in [0.4, 0.5) is 0 Å². The Morgan fingerprint density at radius 1 is 1.60 bits per heavy atom. The molecular weight excluding hydrogens is 228 g/mol. The number of thiophene rings is 1. The van der Waals surface area contributed by atoms with E-state index >= 15 is 0 Å². The summed E-state index contributed by atoms with van der Waals surface area (Å²) >= 11 is 1.79. The Labute approximate surface area is 102 Å². The number of rotatable bonds is 3. The Bertz CT molecular complexity index is 264. The molecule has 86 valence electrons. The number of likely N-dealkylation sites (tertiary alicyclic amines) is 1. The predicted molar refractivity (Wildman–Crippen MR) is 68.9 cm³/mol. The number of likely N-dealkylation sites (N-methyl/N-ethyl adjacent to an activating group) is 1. The molecule has 0 bridgehead atoms. The average Bonchev–Trinajstić information content (AvgIpc) is 2.71. The van der Waals surface area contributed by atoms with Crippen molar-refractivity contribution in [2.45, 2.75) is 25.4 Å². The van der Waals surface area contributed by atoms with E-state index in [0.29, 0.717) is 6.04 Å². The molecule has 0 aliphatic carbocycles. The summed E-state index contributed by atoms with van der Waals surface area (Å²) in [5.41, 5.74) is 1.46. The smallest absolute Gasteiger partial charge is 0.0242 e. The van der Waals surface area contributed by atoms with E-state index in [1.54, 1.807) is 11.3 Å². The van der Waals surface area contributed by atoms with Crippen LogP contribution in [0.25, 0.3) is 0 Å². The van der Waals surface area contributed by atoms with Crippen molar-refractivity contribution in [3.63, 3.8) is 0 Å². The van der Waals surface area contributed by atoms with Gasteiger partial charge in [0.05, 0.1) is 0 Å². The maximum absolute atomic E-state index is 3.37. The quantitative estimate of drug-likeness (QED) is 0.881. The topological polar surface area (TPSA) is 15.3 Å². The first kappa shape index (κ1) is 13.0. The van der Waals surface area contributed by atoms with Gasteiger partial charge in [0.15, 0.2) is 0 Å². The van der Waals surface area contributed by atoms with Gasteiger partial charge in [0, 0.05) is 19.1 Å². The van der Waals surface area contributed by atoms with Gasteiger partial charge in [-0.15, -0.1) is 12.4 Å². The molecule has 1 aromatic heterocycles. The average molecular weight is 247 g/mol. The van der Waals surface area contributed by atoms with E-state index < -0.39 is 0 Å². The van der Waals surface area contributed by atoms with Crippen molar-refractivity contribution in [1.29, 1.82) is 0 Å². The van der Waals surface area contributed by atoms with Crippen molar-refractivity contribution < 1.29 is 0 Å². The Balaban J connectivity index is 0.00000112. The summed E-state index contributed by atoms with van der Waals surface area (Å²) in [4.78, 5) is 2.55. The van der Waals surface area contributed by atoms with Gasteiger partial charge in [0.1, 0.15) is 0 Å². The van der Waals surface area contributed by atoms with Gasteiger partial charge < -0.3 is 5.32 Å². The lowest BCUT2D eigenvalue weighted by atomic mass is 10.1. The van der Waals surface area contributed by atoms with E-state index in [4.69, 9.17) is 0 Å². The van der Waals surface area contributed by atoms with E-state index in [1.165, 1.54) is 31.5 Å². The molecule has 1 saturated heterocycles. The highest BCUT2D eigenvalue weighted by Gasteiger charge is 2.18. The summed E-state index contributed by atoms with van der Waals surface area (Å²) in [6.45, 7) is 3.59. The lowest BCUT2D eigenvalue weighted by molar-refractivity contribution is 0.188. The lowest BCUT2D eigenvalue weighted by Crippen LogP contribution is -2.43. The molecule has 0 radical (unpaired) electrons. The monoisotopic (exact) mass is 246 g/mol. The number of nitrogens with zero attached hydrogens (tertiary/aromatic N) is 1. The van der Waals surface area contributed by atoms with Crippen molar-refractivity contribution in [2.24, 2.45) is 0 Å². The zero-order valence-electron chi connectivity index (χ0n) is 9.11. The zero-order valence-corrected chi connectivity index (χ0v) is 10.7. The molecule has 15 heavy (non-hydrogen) atoms. The van der Waals surface area contributed by atoms with Crippen LogP contribution in [0, 0.1) is 0 Å². The van der Waals surface area contributed by atoms with Crippen LogP contribution in [0.1, 0.15) is 18.4 Å². The largest absolute Gasteiger partial charge is 0.316 e. The SMILES string of the molecule is CNC1CCCN(Cc2ccsc2)C1.Cl. The summed E-state index contributed by atoms with van der Waals surface area (Å²) < 4.78 is 0. The molecule has 2 nitrogen and oxygen atoms in total. The fraction of sp³-hybridized carbons (Fsp3) is 0.636. The molecule has 4 heteroatoms. The molecule has 1 unspecified atom stereocenters. The molecule has 1 aliphatic heterocycles. The van der Waals surface area contributed by atoms with E-state index in [0.717, 1.165) is 6.54 Å². The van der Waals surface area contributed by atoms with Crippen LogP contribution in [-0.4, -0.2) is 31.1 Å². The van der Waals surface area contributed by atoms with Crippen molar-refractivity contribution in [3.8, 4) is 0 Å². The molecule has 1 aliphatic rings. The summed E-state index contributed by atoms with van der Waals surface area (Å²) in [6.07, 6.45) is 2.66. The first-order valence-corrected chi connectivity index (χ1v) is 6.23. The summed E-state index contributed by atoms with van der Waals surface area (Å²) in [6, 6.07) is 2.93. The standard InChI is InChI=1S/C11H18N2S.ClH/c1-12-11-3-2-5-13(8-11)7-10-4-6-14-9-10;/h4,6,9,11-12H,2-3,5,7-8H2,1H3;1H. The number of halogens is 1. The second kappa shape index (κ2) is 6.48. The van der Waals surface area contributed by atoms with Crippen LogP contribution < -0.4 is 5.32 Å².